The zero-order valence-electron chi connectivity index (χ0n) is 25.5. The molecule has 0 amide bonds. The molecule has 1 aromatic heterocycles. The predicted octanol–water partition coefficient (Wildman–Crippen LogP) is 12.6. The topological polar surface area (TPSA) is 28.4 Å². The lowest BCUT2D eigenvalue weighted by molar-refractivity contribution is 0.668. The molecule has 2 heterocycles. The molecule has 0 saturated carbocycles. The van der Waals surface area contributed by atoms with Crippen LogP contribution >= 0.6 is 11.8 Å². The van der Waals surface area contributed by atoms with Crippen LogP contribution in [0.1, 0.15) is 10.9 Å². The van der Waals surface area contributed by atoms with Gasteiger partial charge in [-0.3, -0.25) is 0 Å². The summed E-state index contributed by atoms with van der Waals surface area (Å²) in [5.41, 5.74) is 12.3. The van der Waals surface area contributed by atoms with Crippen LogP contribution in [0.3, 0.4) is 0 Å². The van der Waals surface area contributed by atoms with Gasteiger partial charge in [0.1, 0.15) is 16.5 Å². The standard InChI is InChI=1S/C43H30N2OS/c1-4-10-29(11-5-1)30-16-21-35(22-17-30)45(34-14-8-3-9-15-34)36-23-18-31(19-24-36)33-20-26-39-37(28-33)41-40(46-39)27-25-38-42(41)47-43(44-38)32-12-6-2-7-13-32/h1-28,43-44H. The number of nitrogens with zero attached hydrogens (tertiary/aromatic N) is 1. The van der Waals surface area contributed by atoms with Crippen molar-refractivity contribution < 1.29 is 4.42 Å². The van der Waals surface area contributed by atoms with Gasteiger partial charge in [0.15, 0.2) is 0 Å². The average molecular weight is 623 g/mol. The molecule has 8 aromatic rings. The minimum absolute atomic E-state index is 0.180. The van der Waals surface area contributed by atoms with Crippen molar-refractivity contribution in [1.29, 1.82) is 0 Å². The van der Waals surface area contributed by atoms with Crippen LogP contribution in [-0.4, -0.2) is 0 Å². The van der Waals surface area contributed by atoms with Gasteiger partial charge in [-0.05, 0) is 88.5 Å². The largest absolute Gasteiger partial charge is 0.456 e. The first-order chi connectivity index (χ1) is 23.3. The summed E-state index contributed by atoms with van der Waals surface area (Å²) in [5, 5.41) is 6.22. The molecule has 1 unspecified atom stereocenters. The molecule has 4 heteroatoms. The molecule has 224 valence electrons. The fourth-order valence-electron chi connectivity index (χ4n) is 6.58. The minimum atomic E-state index is 0.180. The van der Waals surface area contributed by atoms with Crippen LogP contribution < -0.4 is 10.2 Å². The number of hydrogen-bond donors (Lipinski definition) is 1. The molecule has 0 aliphatic carbocycles. The molecule has 3 nitrogen and oxygen atoms in total. The van der Waals surface area contributed by atoms with Crippen LogP contribution in [0.2, 0.25) is 0 Å². The number of furan rings is 1. The highest BCUT2D eigenvalue weighted by Crippen LogP contribution is 2.52. The van der Waals surface area contributed by atoms with Crippen molar-refractivity contribution in [1.82, 2.24) is 0 Å². The molecule has 7 aromatic carbocycles. The first-order valence-corrected chi connectivity index (χ1v) is 16.7. The van der Waals surface area contributed by atoms with E-state index in [9.17, 15) is 0 Å². The summed E-state index contributed by atoms with van der Waals surface area (Å²) in [4.78, 5) is 3.56. The zero-order valence-corrected chi connectivity index (χ0v) is 26.3. The number of rotatable bonds is 6. The molecule has 0 saturated heterocycles. The molecule has 1 aliphatic heterocycles. The Morgan fingerprint density at radius 3 is 1.70 bits per heavy atom. The SMILES string of the molecule is c1ccc(-c2ccc(N(c3ccccc3)c3ccc(-c4ccc5oc6ccc7c(c6c5c4)SC(c4ccccc4)N7)cc3)cc2)cc1. The van der Waals surface area contributed by atoms with Crippen molar-refractivity contribution in [3.63, 3.8) is 0 Å². The Labute approximate surface area is 278 Å². The summed E-state index contributed by atoms with van der Waals surface area (Å²) < 4.78 is 6.35. The minimum Gasteiger partial charge on any atom is -0.456 e. The lowest BCUT2D eigenvalue weighted by Crippen LogP contribution is -2.09. The molecule has 1 N–H and O–H groups in total. The molecule has 0 bridgehead atoms. The number of anilines is 4. The molecule has 47 heavy (non-hydrogen) atoms. The van der Waals surface area contributed by atoms with Crippen molar-refractivity contribution >= 4 is 56.4 Å². The van der Waals surface area contributed by atoms with E-state index in [2.05, 4.69) is 180 Å². The van der Waals surface area contributed by atoms with Gasteiger partial charge >= 0.3 is 0 Å². The summed E-state index contributed by atoms with van der Waals surface area (Å²) in [6, 6.07) is 60.2. The number of benzene rings is 7. The van der Waals surface area contributed by atoms with E-state index in [1.165, 1.54) is 32.5 Å². The van der Waals surface area contributed by atoms with Crippen molar-refractivity contribution in [3.05, 3.63) is 175 Å². The molecular weight excluding hydrogens is 593 g/mol. The Hall–Kier alpha value is -5.71. The molecule has 0 spiro atoms. The van der Waals surface area contributed by atoms with Gasteiger partial charge in [0.25, 0.3) is 0 Å². The van der Waals surface area contributed by atoms with Crippen LogP contribution in [0.25, 0.3) is 44.2 Å². The number of fused-ring (bicyclic) bond motifs is 5. The summed E-state index contributed by atoms with van der Waals surface area (Å²) in [5.74, 6) is 0. The summed E-state index contributed by atoms with van der Waals surface area (Å²) in [6.07, 6.45) is 0. The second-order valence-corrected chi connectivity index (χ2v) is 12.9. The maximum absolute atomic E-state index is 6.35. The second kappa shape index (κ2) is 11.6. The van der Waals surface area contributed by atoms with E-state index >= 15 is 0 Å². The van der Waals surface area contributed by atoms with Crippen LogP contribution in [0, 0.1) is 0 Å². The van der Waals surface area contributed by atoms with E-state index in [0.717, 1.165) is 44.9 Å². The lowest BCUT2D eigenvalue weighted by Gasteiger charge is -2.26. The van der Waals surface area contributed by atoms with E-state index in [1.54, 1.807) is 0 Å². The smallest absolute Gasteiger partial charge is 0.136 e. The summed E-state index contributed by atoms with van der Waals surface area (Å²) in [7, 11) is 0. The van der Waals surface area contributed by atoms with Gasteiger partial charge in [-0.2, -0.15) is 0 Å². The molecule has 9 rings (SSSR count). The number of nitrogens with one attached hydrogen (secondary N) is 1. The third kappa shape index (κ3) is 5.04. The quantitative estimate of drug-likeness (QED) is 0.200. The Kier molecular flexibility index (Phi) is 6.80. The van der Waals surface area contributed by atoms with Crippen LogP contribution in [0.5, 0.6) is 0 Å². The molecule has 0 radical (unpaired) electrons. The second-order valence-electron chi connectivity index (χ2n) is 11.8. The van der Waals surface area contributed by atoms with Crippen molar-refractivity contribution in [2.75, 3.05) is 10.2 Å². The third-order valence-electron chi connectivity index (χ3n) is 8.92. The highest BCUT2D eigenvalue weighted by molar-refractivity contribution is 8.00. The highest BCUT2D eigenvalue weighted by Gasteiger charge is 2.27. The van der Waals surface area contributed by atoms with E-state index in [1.807, 2.05) is 11.8 Å². The number of hydrogen-bond acceptors (Lipinski definition) is 4. The zero-order chi connectivity index (χ0) is 31.2. The molecular formula is C43H30N2OS. The van der Waals surface area contributed by atoms with Gasteiger partial charge < -0.3 is 14.6 Å². The maximum atomic E-state index is 6.35. The van der Waals surface area contributed by atoms with Gasteiger partial charge in [-0.15, -0.1) is 0 Å². The van der Waals surface area contributed by atoms with Gasteiger partial charge in [-0.1, -0.05) is 121 Å². The Morgan fingerprint density at radius 2 is 1.02 bits per heavy atom. The van der Waals surface area contributed by atoms with Crippen LogP contribution in [0.15, 0.2) is 179 Å². The van der Waals surface area contributed by atoms with Crippen LogP contribution in [-0.2, 0) is 0 Å². The Balaban J connectivity index is 1.07. The summed E-state index contributed by atoms with van der Waals surface area (Å²) in [6.45, 7) is 0. The number of thioether (sulfide) groups is 1. The average Bonchev–Trinajstić information content (AvgIpc) is 3.75. The Bertz CT molecular complexity index is 2330. The molecule has 0 fully saturated rings. The van der Waals surface area contributed by atoms with Gasteiger partial charge in [0.2, 0.25) is 0 Å². The van der Waals surface area contributed by atoms with Crippen molar-refractivity contribution in [2.45, 2.75) is 10.3 Å². The predicted molar refractivity (Wildman–Crippen MR) is 198 cm³/mol. The molecule has 1 atom stereocenters. The van der Waals surface area contributed by atoms with Gasteiger partial charge in [0, 0.05) is 38.4 Å². The van der Waals surface area contributed by atoms with E-state index < -0.39 is 0 Å². The first kappa shape index (κ1) is 27.6. The number of para-hydroxylation sites is 1. The Morgan fingerprint density at radius 1 is 0.489 bits per heavy atom. The van der Waals surface area contributed by atoms with E-state index in [0.29, 0.717) is 0 Å². The lowest BCUT2D eigenvalue weighted by atomic mass is 10.0. The normalized spacial score (nSPS) is 13.8. The fraction of sp³-hybridized carbons (Fsp3) is 0.0233. The monoisotopic (exact) mass is 622 g/mol. The van der Waals surface area contributed by atoms with Gasteiger partial charge in [-0.25, -0.2) is 0 Å². The molecule has 1 aliphatic rings. The maximum Gasteiger partial charge on any atom is 0.136 e. The van der Waals surface area contributed by atoms with Gasteiger partial charge in [0.05, 0.1) is 0 Å². The van der Waals surface area contributed by atoms with E-state index in [-0.39, 0.29) is 5.37 Å². The van der Waals surface area contributed by atoms with Crippen LogP contribution in [0.4, 0.5) is 22.7 Å². The highest BCUT2D eigenvalue weighted by atomic mass is 32.2. The van der Waals surface area contributed by atoms with Crippen molar-refractivity contribution in [2.24, 2.45) is 0 Å². The van der Waals surface area contributed by atoms with E-state index in [4.69, 9.17) is 4.42 Å². The third-order valence-corrected chi connectivity index (χ3v) is 10.2. The fourth-order valence-corrected chi connectivity index (χ4v) is 7.88. The first-order valence-electron chi connectivity index (χ1n) is 15.9. The summed E-state index contributed by atoms with van der Waals surface area (Å²) >= 11 is 1.86. The van der Waals surface area contributed by atoms with Crippen molar-refractivity contribution in [3.8, 4) is 22.3 Å².